The van der Waals surface area contributed by atoms with E-state index >= 15 is 0 Å². The van der Waals surface area contributed by atoms with E-state index in [0.29, 0.717) is 12.2 Å². The molecule has 0 unspecified atom stereocenters. The average molecular weight is 405 g/mol. The molecular weight excluding hydrogens is 366 g/mol. The summed E-state index contributed by atoms with van der Waals surface area (Å²) in [5.41, 5.74) is 0.547. The monoisotopic (exact) mass is 404 g/mol. The molecule has 2 aliphatic carbocycles. The van der Waals surface area contributed by atoms with Crippen molar-refractivity contribution in [2.45, 2.75) is 89.9 Å². The van der Waals surface area contributed by atoms with Crippen LogP contribution in [0, 0.1) is 29.4 Å². The predicted molar refractivity (Wildman–Crippen MR) is 116 cm³/mol. The van der Waals surface area contributed by atoms with Crippen LogP contribution in [0.3, 0.4) is 0 Å². The molecule has 1 nitrogen and oxygen atoms in total. The Labute approximate surface area is 175 Å². The molecular formula is C26H38F2O. The third-order valence-corrected chi connectivity index (χ3v) is 7.35. The lowest BCUT2D eigenvalue weighted by Crippen LogP contribution is -2.25. The molecule has 2 fully saturated rings. The fourth-order valence-corrected chi connectivity index (χ4v) is 5.64. The molecule has 1 aromatic rings. The lowest BCUT2D eigenvalue weighted by Gasteiger charge is -2.38. The summed E-state index contributed by atoms with van der Waals surface area (Å²) >= 11 is 0. The number of rotatable bonds is 9. The lowest BCUT2D eigenvalue weighted by molar-refractivity contribution is 0.155. The summed E-state index contributed by atoms with van der Waals surface area (Å²) in [5.74, 6) is 1.25. The summed E-state index contributed by atoms with van der Waals surface area (Å²) in [6.45, 7) is 6.33. The normalized spacial score (nSPS) is 27.6. The highest BCUT2D eigenvalue weighted by Crippen LogP contribution is 2.45. The van der Waals surface area contributed by atoms with Crippen LogP contribution in [-0.2, 0) is 0 Å². The second kappa shape index (κ2) is 11.1. The summed E-state index contributed by atoms with van der Waals surface area (Å²) in [5, 5.41) is 0. The Balaban J connectivity index is 1.51. The molecule has 0 radical (unpaired) electrons. The van der Waals surface area contributed by atoms with Gasteiger partial charge in [0.1, 0.15) is 0 Å². The van der Waals surface area contributed by atoms with Crippen molar-refractivity contribution in [1.29, 1.82) is 0 Å². The van der Waals surface area contributed by atoms with Crippen LogP contribution in [-0.4, -0.2) is 6.61 Å². The van der Waals surface area contributed by atoms with E-state index in [2.05, 4.69) is 13.5 Å². The first-order valence-corrected chi connectivity index (χ1v) is 11.9. The van der Waals surface area contributed by atoms with Crippen LogP contribution >= 0.6 is 0 Å². The number of hydrogen-bond donors (Lipinski definition) is 0. The summed E-state index contributed by atoms with van der Waals surface area (Å²) in [6, 6.07) is 3.37. The maximum atomic E-state index is 14.7. The first kappa shape index (κ1) is 22.3. The Morgan fingerprint density at radius 3 is 2.24 bits per heavy atom. The van der Waals surface area contributed by atoms with E-state index < -0.39 is 11.6 Å². The van der Waals surface area contributed by atoms with Crippen LogP contribution in [0.4, 0.5) is 8.78 Å². The highest BCUT2D eigenvalue weighted by molar-refractivity contribution is 5.33. The second-order valence-corrected chi connectivity index (χ2v) is 9.24. The molecule has 3 rings (SSSR count). The quantitative estimate of drug-likeness (QED) is 0.298. The summed E-state index contributed by atoms with van der Waals surface area (Å²) < 4.78 is 34.6. The summed E-state index contributed by atoms with van der Waals surface area (Å²) in [7, 11) is 0. The molecule has 162 valence electrons. The minimum atomic E-state index is -0.822. The van der Waals surface area contributed by atoms with Crippen molar-refractivity contribution < 1.29 is 13.5 Å². The van der Waals surface area contributed by atoms with Crippen molar-refractivity contribution in [3.8, 4) is 5.75 Å². The number of benzene rings is 1. The van der Waals surface area contributed by atoms with Gasteiger partial charge in [-0.25, -0.2) is 4.39 Å². The van der Waals surface area contributed by atoms with E-state index in [1.165, 1.54) is 38.5 Å². The standard InChI is InChI=1S/C26H38F2O/c1-3-5-6-18-29-24-17-16-23(25(27)26(24)28)22-14-12-21(13-15-22)20-10-8-19(7-4-2)9-11-20/h3,16-17,19-22H,1,4-15,18H2,2H3. The van der Waals surface area contributed by atoms with Crippen molar-refractivity contribution in [2.24, 2.45) is 17.8 Å². The van der Waals surface area contributed by atoms with Gasteiger partial charge in [0.25, 0.3) is 0 Å². The van der Waals surface area contributed by atoms with E-state index in [9.17, 15) is 8.78 Å². The van der Waals surface area contributed by atoms with Gasteiger partial charge in [-0.15, -0.1) is 6.58 Å². The minimum Gasteiger partial charge on any atom is -0.490 e. The largest absolute Gasteiger partial charge is 0.490 e. The lowest BCUT2D eigenvalue weighted by atomic mass is 9.68. The van der Waals surface area contributed by atoms with Crippen LogP contribution in [0.5, 0.6) is 5.75 Å². The Morgan fingerprint density at radius 2 is 1.62 bits per heavy atom. The molecule has 0 aromatic heterocycles. The highest BCUT2D eigenvalue weighted by Gasteiger charge is 2.32. The van der Waals surface area contributed by atoms with Gasteiger partial charge < -0.3 is 4.74 Å². The number of halogens is 2. The zero-order valence-electron chi connectivity index (χ0n) is 18.1. The molecule has 0 saturated heterocycles. The van der Waals surface area contributed by atoms with E-state index in [-0.39, 0.29) is 11.7 Å². The molecule has 3 heteroatoms. The number of ether oxygens (including phenoxy) is 1. The van der Waals surface area contributed by atoms with E-state index in [0.717, 1.165) is 56.3 Å². The van der Waals surface area contributed by atoms with Gasteiger partial charge in [-0.1, -0.05) is 44.7 Å². The molecule has 0 N–H and O–H groups in total. The Morgan fingerprint density at radius 1 is 0.966 bits per heavy atom. The van der Waals surface area contributed by atoms with Gasteiger partial charge in [-0.05, 0) is 86.7 Å². The molecule has 0 atom stereocenters. The third-order valence-electron chi connectivity index (χ3n) is 7.35. The number of hydrogen-bond acceptors (Lipinski definition) is 1. The van der Waals surface area contributed by atoms with Crippen LogP contribution in [0.25, 0.3) is 0 Å². The fraction of sp³-hybridized carbons (Fsp3) is 0.692. The zero-order chi connectivity index (χ0) is 20.6. The summed E-state index contributed by atoms with van der Waals surface area (Å²) in [4.78, 5) is 0. The topological polar surface area (TPSA) is 9.23 Å². The molecule has 0 heterocycles. The van der Waals surface area contributed by atoms with Crippen molar-refractivity contribution in [1.82, 2.24) is 0 Å². The van der Waals surface area contributed by atoms with Crippen molar-refractivity contribution >= 4 is 0 Å². The molecule has 0 spiro atoms. The number of allylic oxidation sites excluding steroid dienone is 1. The van der Waals surface area contributed by atoms with E-state index in [1.807, 2.05) is 0 Å². The molecule has 2 aliphatic rings. The minimum absolute atomic E-state index is 0.0350. The zero-order valence-corrected chi connectivity index (χ0v) is 18.1. The first-order valence-electron chi connectivity index (χ1n) is 11.9. The van der Waals surface area contributed by atoms with Gasteiger partial charge in [0.05, 0.1) is 6.61 Å². The Bertz CT molecular complexity index is 640. The van der Waals surface area contributed by atoms with Crippen LogP contribution in [0.15, 0.2) is 24.8 Å². The van der Waals surface area contributed by atoms with Crippen molar-refractivity contribution in [3.63, 3.8) is 0 Å². The number of unbranched alkanes of at least 4 members (excludes halogenated alkanes) is 1. The van der Waals surface area contributed by atoms with Crippen LogP contribution in [0.1, 0.15) is 95.5 Å². The smallest absolute Gasteiger partial charge is 0.200 e. The molecule has 29 heavy (non-hydrogen) atoms. The fourth-order valence-electron chi connectivity index (χ4n) is 5.64. The SMILES string of the molecule is C=CCCCOc1ccc(C2CCC(C3CCC(CCC)CC3)CC2)c(F)c1F. The van der Waals surface area contributed by atoms with Crippen LogP contribution in [0.2, 0.25) is 0 Å². The second-order valence-electron chi connectivity index (χ2n) is 9.24. The molecule has 0 aliphatic heterocycles. The maximum Gasteiger partial charge on any atom is 0.200 e. The van der Waals surface area contributed by atoms with E-state index in [4.69, 9.17) is 4.74 Å². The van der Waals surface area contributed by atoms with Crippen LogP contribution < -0.4 is 4.74 Å². The highest BCUT2D eigenvalue weighted by atomic mass is 19.2. The van der Waals surface area contributed by atoms with Gasteiger partial charge >= 0.3 is 0 Å². The van der Waals surface area contributed by atoms with Gasteiger partial charge in [0, 0.05) is 0 Å². The Kier molecular flexibility index (Phi) is 8.56. The molecule has 2 saturated carbocycles. The van der Waals surface area contributed by atoms with Crippen molar-refractivity contribution in [3.05, 3.63) is 42.0 Å². The molecule has 0 amide bonds. The Hall–Kier alpha value is -1.38. The first-order chi connectivity index (χ1) is 14.1. The van der Waals surface area contributed by atoms with Gasteiger partial charge in [0.2, 0.25) is 5.82 Å². The van der Waals surface area contributed by atoms with Gasteiger partial charge in [-0.3, -0.25) is 0 Å². The predicted octanol–water partition coefficient (Wildman–Crippen LogP) is 8.19. The van der Waals surface area contributed by atoms with Gasteiger partial charge in [0.15, 0.2) is 11.6 Å². The molecule has 0 bridgehead atoms. The van der Waals surface area contributed by atoms with Gasteiger partial charge in [-0.2, -0.15) is 4.39 Å². The maximum absolute atomic E-state index is 14.7. The summed E-state index contributed by atoms with van der Waals surface area (Å²) in [6.07, 6.45) is 15.9. The average Bonchev–Trinajstić information content (AvgIpc) is 2.75. The molecule has 1 aromatic carbocycles. The third kappa shape index (κ3) is 5.83. The van der Waals surface area contributed by atoms with Crippen molar-refractivity contribution in [2.75, 3.05) is 6.61 Å². The van der Waals surface area contributed by atoms with E-state index in [1.54, 1.807) is 18.2 Å².